The van der Waals surface area contributed by atoms with Crippen LogP contribution in [0.1, 0.15) is 53.4 Å². The van der Waals surface area contributed by atoms with Gasteiger partial charge in [-0.15, -0.1) is 11.3 Å². The Morgan fingerprint density at radius 1 is 1.06 bits per heavy atom. The third kappa shape index (κ3) is 3.73. The van der Waals surface area contributed by atoms with Crippen LogP contribution < -0.4 is 10.5 Å². The Kier molecular flexibility index (Phi) is 5.48. The third-order valence-corrected chi connectivity index (χ3v) is 7.60. The number of anilines is 1. The second kappa shape index (κ2) is 8.42. The van der Waals surface area contributed by atoms with Crippen LogP contribution in [-0.4, -0.2) is 51.5 Å². The highest BCUT2D eigenvalue weighted by atomic mass is 32.1. The molecule has 0 atom stereocenters. The van der Waals surface area contributed by atoms with Crippen LogP contribution in [0.3, 0.4) is 0 Å². The number of hydrogen-bond acceptors (Lipinski definition) is 6. The van der Waals surface area contributed by atoms with Crippen LogP contribution in [0, 0.1) is 6.92 Å². The topological polar surface area (TPSA) is 71.3 Å². The summed E-state index contributed by atoms with van der Waals surface area (Å²) in [5.74, 6) is 0.920. The molecule has 3 aromatic heterocycles. The predicted octanol–water partition coefficient (Wildman–Crippen LogP) is 3.63. The molecule has 1 saturated heterocycles. The molecule has 2 aliphatic rings. The monoisotopic (exact) mass is 437 g/mol. The normalized spacial score (nSPS) is 18.0. The van der Waals surface area contributed by atoms with Gasteiger partial charge in [0.1, 0.15) is 16.0 Å². The fourth-order valence-electron chi connectivity index (χ4n) is 4.80. The van der Waals surface area contributed by atoms with E-state index in [1.807, 2.05) is 30.0 Å². The number of pyridine rings is 1. The van der Waals surface area contributed by atoms with E-state index >= 15 is 0 Å². The van der Waals surface area contributed by atoms with Crippen LogP contribution in [-0.2, 0) is 0 Å². The van der Waals surface area contributed by atoms with Crippen molar-refractivity contribution in [3.05, 3.63) is 51.5 Å². The molecule has 162 valence electrons. The first-order valence-corrected chi connectivity index (χ1v) is 11.9. The van der Waals surface area contributed by atoms with Crippen molar-refractivity contribution in [3.63, 3.8) is 0 Å². The first-order chi connectivity index (χ1) is 15.1. The molecule has 4 heterocycles. The van der Waals surface area contributed by atoms with E-state index in [9.17, 15) is 9.59 Å². The highest BCUT2D eigenvalue weighted by molar-refractivity contribution is 7.19. The zero-order chi connectivity index (χ0) is 21.4. The minimum Gasteiger partial charge on any atom is -0.353 e. The Morgan fingerprint density at radius 3 is 2.55 bits per heavy atom. The first-order valence-electron chi connectivity index (χ1n) is 11.1. The summed E-state index contributed by atoms with van der Waals surface area (Å²) in [5, 5.41) is 0. The number of amides is 1. The Balaban J connectivity index is 1.39. The largest absolute Gasteiger partial charge is 0.353 e. The molecule has 7 nitrogen and oxygen atoms in total. The summed E-state index contributed by atoms with van der Waals surface area (Å²) in [7, 11) is 0. The van der Waals surface area contributed by atoms with Gasteiger partial charge >= 0.3 is 0 Å². The highest BCUT2D eigenvalue weighted by Gasteiger charge is 2.28. The number of hydrogen-bond donors (Lipinski definition) is 0. The number of carbonyl (C=O) groups excluding carboxylic acids is 1. The summed E-state index contributed by atoms with van der Waals surface area (Å²) in [6.45, 7) is 4.67. The minimum absolute atomic E-state index is 0.00372. The molecular formula is C23H27N5O2S. The number of aromatic nitrogens is 3. The molecule has 0 spiro atoms. The lowest BCUT2D eigenvalue weighted by Crippen LogP contribution is -2.49. The molecule has 8 heteroatoms. The Morgan fingerprint density at radius 2 is 1.84 bits per heavy atom. The van der Waals surface area contributed by atoms with E-state index in [0.717, 1.165) is 49.5 Å². The van der Waals surface area contributed by atoms with E-state index in [0.29, 0.717) is 28.9 Å². The summed E-state index contributed by atoms with van der Waals surface area (Å²) < 4.78 is 2.41. The van der Waals surface area contributed by atoms with Gasteiger partial charge in [-0.2, -0.15) is 0 Å². The van der Waals surface area contributed by atoms with Crippen LogP contribution in [0.15, 0.2) is 35.5 Å². The van der Waals surface area contributed by atoms with Crippen molar-refractivity contribution in [2.24, 2.45) is 0 Å². The number of nitrogens with zero attached hydrogens (tertiary/aromatic N) is 5. The maximum absolute atomic E-state index is 13.4. The Bertz CT molecular complexity index is 1140. The predicted molar refractivity (Wildman–Crippen MR) is 123 cm³/mol. The lowest BCUT2D eigenvalue weighted by Gasteiger charge is -2.35. The molecule has 31 heavy (non-hydrogen) atoms. The molecular weight excluding hydrogens is 410 g/mol. The SMILES string of the molecule is Cc1sc2c(=O)n(C3CCCCC3)cnc2c1C(=O)N1CCN(c2ccccn2)CC1. The summed E-state index contributed by atoms with van der Waals surface area (Å²) in [6.07, 6.45) is 9.08. The van der Waals surface area contributed by atoms with Crippen molar-refractivity contribution >= 4 is 33.3 Å². The van der Waals surface area contributed by atoms with E-state index in [4.69, 9.17) is 0 Å². The summed E-state index contributed by atoms with van der Waals surface area (Å²) in [5.41, 5.74) is 1.17. The van der Waals surface area contributed by atoms with Crippen LogP contribution >= 0.6 is 11.3 Å². The standard InChI is InChI=1S/C23H27N5O2S/c1-16-19(22(29)27-13-11-26(12-14-27)18-9-5-6-10-24-18)20-21(31-16)23(30)28(15-25-20)17-7-3-2-4-8-17/h5-6,9-10,15,17H,2-4,7-8,11-14H2,1H3. The zero-order valence-corrected chi connectivity index (χ0v) is 18.6. The van der Waals surface area contributed by atoms with Gasteiger partial charge in [0, 0.05) is 43.3 Å². The number of fused-ring (bicyclic) bond motifs is 1. The fourth-order valence-corrected chi connectivity index (χ4v) is 5.84. The zero-order valence-electron chi connectivity index (χ0n) is 17.8. The summed E-state index contributed by atoms with van der Waals surface area (Å²) >= 11 is 1.41. The molecule has 0 radical (unpaired) electrons. The second-order valence-corrected chi connectivity index (χ2v) is 9.65. The third-order valence-electron chi connectivity index (χ3n) is 6.52. The number of piperazine rings is 1. The lowest BCUT2D eigenvalue weighted by atomic mass is 9.95. The minimum atomic E-state index is -0.0215. The maximum Gasteiger partial charge on any atom is 0.271 e. The van der Waals surface area contributed by atoms with Gasteiger partial charge in [-0.05, 0) is 31.9 Å². The molecule has 5 rings (SSSR count). The van der Waals surface area contributed by atoms with E-state index in [1.165, 1.54) is 17.8 Å². The Hall–Kier alpha value is -2.74. The van der Waals surface area contributed by atoms with Crippen molar-refractivity contribution in [2.45, 2.75) is 45.1 Å². The van der Waals surface area contributed by atoms with Gasteiger partial charge in [-0.25, -0.2) is 9.97 Å². The van der Waals surface area contributed by atoms with Gasteiger partial charge in [-0.1, -0.05) is 25.3 Å². The van der Waals surface area contributed by atoms with Crippen LogP contribution in [0.4, 0.5) is 5.82 Å². The molecule has 3 aromatic rings. The van der Waals surface area contributed by atoms with Crippen molar-refractivity contribution < 1.29 is 4.79 Å². The number of thiophene rings is 1. The quantitative estimate of drug-likeness (QED) is 0.626. The van der Waals surface area contributed by atoms with Crippen molar-refractivity contribution in [3.8, 4) is 0 Å². The van der Waals surface area contributed by atoms with Gasteiger partial charge < -0.3 is 9.80 Å². The van der Waals surface area contributed by atoms with Crippen LogP contribution in [0.25, 0.3) is 10.2 Å². The average molecular weight is 438 g/mol. The number of aryl methyl sites for hydroxylation is 1. The van der Waals surface area contributed by atoms with Gasteiger partial charge in [0.05, 0.1) is 11.9 Å². The molecule has 0 bridgehead atoms. The molecule has 0 N–H and O–H groups in total. The fraction of sp³-hybridized carbons (Fsp3) is 0.478. The smallest absolute Gasteiger partial charge is 0.271 e. The molecule has 2 fully saturated rings. The van der Waals surface area contributed by atoms with E-state index in [2.05, 4.69) is 14.9 Å². The molecule has 0 aromatic carbocycles. The highest BCUT2D eigenvalue weighted by Crippen LogP contribution is 2.31. The van der Waals surface area contributed by atoms with Gasteiger partial charge in [0.15, 0.2) is 0 Å². The number of carbonyl (C=O) groups is 1. The molecule has 1 aliphatic heterocycles. The summed E-state index contributed by atoms with van der Waals surface area (Å²) in [6, 6.07) is 6.12. The first kappa shape index (κ1) is 20.2. The second-order valence-electron chi connectivity index (χ2n) is 8.43. The molecule has 1 amide bonds. The van der Waals surface area contributed by atoms with Gasteiger partial charge in [-0.3, -0.25) is 14.2 Å². The molecule has 1 aliphatic carbocycles. The maximum atomic E-state index is 13.4. The van der Waals surface area contributed by atoms with Crippen molar-refractivity contribution in [1.82, 2.24) is 19.4 Å². The van der Waals surface area contributed by atoms with Gasteiger partial charge in [0.25, 0.3) is 11.5 Å². The Labute approximate surface area is 185 Å². The van der Waals surface area contributed by atoms with Crippen molar-refractivity contribution in [1.29, 1.82) is 0 Å². The molecule has 0 unspecified atom stereocenters. The van der Waals surface area contributed by atoms with Crippen molar-refractivity contribution in [2.75, 3.05) is 31.1 Å². The molecule has 1 saturated carbocycles. The number of rotatable bonds is 3. The van der Waals surface area contributed by atoms with Crippen LogP contribution in [0.2, 0.25) is 0 Å². The summed E-state index contributed by atoms with van der Waals surface area (Å²) in [4.78, 5) is 40.6. The average Bonchev–Trinajstić information content (AvgIpc) is 3.17. The van der Waals surface area contributed by atoms with Crippen LogP contribution in [0.5, 0.6) is 0 Å². The van der Waals surface area contributed by atoms with E-state index in [1.54, 1.807) is 17.1 Å². The lowest BCUT2D eigenvalue weighted by molar-refractivity contribution is 0.0748. The van der Waals surface area contributed by atoms with E-state index in [-0.39, 0.29) is 17.5 Å². The van der Waals surface area contributed by atoms with E-state index < -0.39 is 0 Å². The van der Waals surface area contributed by atoms with Gasteiger partial charge in [0.2, 0.25) is 0 Å².